The predicted octanol–water partition coefficient (Wildman–Crippen LogP) is -0.0912. The quantitative estimate of drug-likeness (QED) is 0.408. The third kappa shape index (κ3) is 1.75. The molecule has 0 aromatic carbocycles. The first kappa shape index (κ1) is 9.00. The van der Waals surface area contributed by atoms with Gasteiger partial charge in [-0.2, -0.15) is 8.78 Å². The predicted molar refractivity (Wildman–Crippen MR) is 29.7 cm³/mol. The zero-order valence-electron chi connectivity index (χ0n) is 5.60. The van der Waals surface area contributed by atoms with E-state index in [0.29, 0.717) is 4.90 Å². The Morgan fingerprint density at radius 2 is 1.90 bits per heavy atom. The minimum Gasteiger partial charge on any atom is -0.343 e. The summed E-state index contributed by atoms with van der Waals surface area (Å²) in [6.45, 7) is 0. The Hall–Kier alpha value is -1.00. The summed E-state index contributed by atoms with van der Waals surface area (Å²) in [6, 6.07) is 0. The van der Waals surface area contributed by atoms with E-state index in [1.807, 2.05) is 0 Å². The van der Waals surface area contributed by atoms with Gasteiger partial charge in [-0.1, -0.05) is 0 Å². The van der Waals surface area contributed by atoms with E-state index < -0.39 is 18.1 Å². The Balaban J connectivity index is 4.33. The van der Waals surface area contributed by atoms with Crippen LogP contribution < -0.4 is 0 Å². The van der Waals surface area contributed by atoms with E-state index in [9.17, 15) is 18.4 Å². The normalized spacial score (nSPS) is 10.8. The molecular weight excluding hydrogens is 144 g/mol. The van der Waals surface area contributed by atoms with E-state index in [2.05, 4.69) is 0 Å². The highest BCUT2D eigenvalue weighted by Gasteiger charge is 2.39. The van der Waals surface area contributed by atoms with Crippen molar-refractivity contribution in [3.8, 4) is 0 Å². The molecule has 5 heteroatoms. The second-order valence-electron chi connectivity index (χ2n) is 1.94. The van der Waals surface area contributed by atoms with Gasteiger partial charge in [-0.15, -0.1) is 0 Å². The Bertz CT molecular complexity index is 156. The summed E-state index contributed by atoms with van der Waals surface area (Å²) >= 11 is 0. The van der Waals surface area contributed by atoms with Gasteiger partial charge in [0.25, 0.3) is 5.91 Å². The van der Waals surface area contributed by atoms with Gasteiger partial charge in [-0.25, -0.2) is 0 Å². The summed E-state index contributed by atoms with van der Waals surface area (Å²) in [5.74, 6) is -5.37. The van der Waals surface area contributed by atoms with E-state index in [1.54, 1.807) is 0 Å². The van der Waals surface area contributed by atoms with Gasteiger partial charge < -0.3 is 4.90 Å². The number of amides is 1. The van der Waals surface area contributed by atoms with Gasteiger partial charge in [0.15, 0.2) is 6.29 Å². The molecule has 3 nitrogen and oxygen atoms in total. The molecule has 0 aliphatic carbocycles. The van der Waals surface area contributed by atoms with Crippen molar-refractivity contribution in [3.63, 3.8) is 0 Å². The molecule has 0 saturated carbocycles. The maximum atomic E-state index is 12.0. The highest BCUT2D eigenvalue weighted by molar-refractivity contribution is 5.97. The van der Waals surface area contributed by atoms with E-state index in [1.165, 1.54) is 0 Å². The lowest BCUT2D eigenvalue weighted by Crippen LogP contribution is -2.40. The zero-order valence-corrected chi connectivity index (χ0v) is 5.60. The van der Waals surface area contributed by atoms with Crippen LogP contribution in [-0.2, 0) is 9.59 Å². The maximum Gasteiger partial charge on any atom is 0.378 e. The smallest absolute Gasteiger partial charge is 0.343 e. The third-order valence-corrected chi connectivity index (χ3v) is 0.839. The first-order valence-corrected chi connectivity index (χ1v) is 2.47. The lowest BCUT2D eigenvalue weighted by Gasteiger charge is -2.13. The van der Waals surface area contributed by atoms with Crippen LogP contribution in [0.25, 0.3) is 0 Å². The van der Waals surface area contributed by atoms with Gasteiger partial charge in [0.05, 0.1) is 0 Å². The van der Waals surface area contributed by atoms with Crippen molar-refractivity contribution >= 4 is 12.2 Å². The molecule has 0 rings (SSSR count). The first-order chi connectivity index (χ1) is 4.41. The Labute approximate surface area is 56.6 Å². The maximum absolute atomic E-state index is 12.0. The number of carbonyl (C=O) groups is 2. The molecule has 0 saturated heterocycles. The van der Waals surface area contributed by atoms with Crippen molar-refractivity contribution in [1.29, 1.82) is 0 Å². The van der Waals surface area contributed by atoms with Gasteiger partial charge in [0.2, 0.25) is 0 Å². The Morgan fingerprint density at radius 3 is 2.00 bits per heavy atom. The molecule has 0 heterocycles. The van der Waals surface area contributed by atoms with Crippen LogP contribution in [0.2, 0.25) is 0 Å². The SMILES string of the molecule is CN(C)C(=O)C(F)(F)C=O. The molecule has 0 bridgehead atoms. The molecule has 58 valence electrons. The van der Waals surface area contributed by atoms with E-state index in [0.717, 1.165) is 14.1 Å². The molecule has 0 aromatic heterocycles. The largest absolute Gasteiger partial charge is 0.378 e. The summed E-state index contributed by atoms with van der Waals surface area (Å²) in [6.07, 6.45) is -0.671. The minimum atomic E-state index is -3.87. The van der Waals surface area contributed by atoms with Crippen molar-refractivity contribution in [2.75, 3.05) is 14.1 Å². The van der Waals surface area contributed by atoms with Crippen LogP contribution in [0, 0.1) is 0 Å². The number of alkyl halides is 2. The molecule has 0 fully saturated rings. The second kappa shape index (κ2) is 2.72. The standard InChI is InChI=1S/C5H7F2NO2/c1-8(2)4(10)5(6,7)3-9/h3H,1-2H3. The van der Waals surface area contributed by atoms with Crippen LogP contribution in [0.5, 0.6) is 0 Å². The minimum absolute atomic E-state index is 0.661. The molecule has 0 aliphatic heterocycles. The summed E-state index contributed by atoms with van der Waals surface area (Å²) in [5, 5.41) is 0. The zero-order chi connectivity index (χ0) is 8.36. The lowest BCUT2D eigenvalue weighted by molar-refractivity contribution is -0.157. The average Bonchev–Trinajstić information content (AvgIpc) is 1.86. The van der Waals surface area contributed by atoms with Crippen LogP contribution in [0.15, 0.2) is 0 Å². The van der Waals surface area contributed by atoms with Crippen molar-refractivity contribution in [3.05, 3.63) is 0 Å². The molecule has 0 unspecified atom stereocenters. The van der Waals surface area contributed by atoms with Crippen molar-refractivity contribution in [1.82, 2.24) is 4.90 Å². The van der Waals surface area contributed by atoms with Gasteiger partial charge >= 0.3 is 5.92 Å². The number of aldehydes is 1. The molecule has 1 amide bonds. The Morgan fingerprint density at radius 1 is 1.50 bits per heavy atom. The molecule has 0 aromatic rings. The molecule has 0 atom stereocenters. The molecule has 0 aliphatic rings. The number of halogens is 2. The second-order valence-corrected chi connectivity index (χ2v) is 1.94. The van der Waals surface area contributed by atoms with Gasteiger partial charge in [0, 0.05) is 14.1 Å². The topological polar surface area (TPSA) is 37.4 Å². The molecule has 10 heavy (non-hydrogen) atoms. The van der Waals surface area contributed by atoms with Crippen molar-refractivity contribution in [2.24, 2.45) is 0 Å². The molecule has 0 radical (unpaired) electrons. The molecule has 0 spiro atoms. The van der Waals surface area contributed by atoms with Gasteiger partial charge in [-0.05, 0) is 0 Å². The van der Waals surface area contributed by atoms with Crippen molar-refractivity contribution < 1.29 is 18.4 Å². The monoisotopic (exact) mass is 151 g/mol. The van der Waals surface area contributed by atoms with E-state index in [4.69, 9.17) is 0 Å². The van der Waals surface area contributed by atoms with Crippen LogP contribution in [0.4, 0.5) is 8.78 Å². The Kier molecular flexibility index (Phi) is 2.45. The number of hydrogen-bond acceptors (Lipinski definition) is 2. The summed E-state index contributed by atoms with van der Waals surface area (Å²) in [4.78, 5) is 20.6. The fourth-order valence-corrected chi connectivity index (χ4v) is 0.349. The fraction of sp³-hybridized carbons (Fsp3) is 0.600. The molecule has 0 N–H and O–H groups in total. The number of hydrogen-bond donors (Lipinski definition) is 0. The third-order valence-electron chi connectivity index (χ3n) is 0.839. The fourth-order valence-electron chi connectivity index (χ4n) is 0.349. The highest BCUT2D eigenvalue weighted by atomic mass is 19.3. The first-order valence-electron chi connectivity index (χ1n) is 2.47. The number of rotatable bonds is 2. The summed E-state index contributed by atoms with van der Waals surface area (Å²) in [7, 11) is 2.31. The van der Waals surface area contributed by atoms with E-state index in [-0.39, 0.29) is 0 Å². The highest BCUT2D eigenvalue weighted by Crippen LogP contribution is 2.11. The van der Waals surface area contributed by atoms with Crippen molar-refractivity contribution in [2.45, 2.75) is 5.92 Å². The average molecular weight is 151 g/mol. The van der Waals surface area contributed by atoms with Crippen LogP contribution in [-0.4, -0.2) is 37.1 Å². The summed E-state index contributed by atoms with van der Waals surface area (Å²) in [5.41, 5.74) is 0. The van der Waals surface area contributed by atoms with Crippen LogP contribution in [0.1, 0.15) is 0 Å². The van der Waals surface area contributed by atoms with Gasteiger partial charge in [-0.3, -0.25) is 9.59 Å². The van der Waals surface area contributed by atoms with Crippen LogP contribution >= 0.6 is 0 Å². The van der Waals surface area contributed by atoms with E-state index >= 15 is 0 Å². The summed E-state index contributed by atoms with van der Waals surface area (Å²) < 4.78 is 24.1. The lowest BCUT2D eigenvalue weighted by atomic mass is 10.3. The number of carbonyl (C=O) groups excluding carboxylic acids is 2. The molecular formula is C5H7F2NO2. The van der Waals surface area contributed by atoms with Gasteiger partial charge in [0.1, 0.15) is 0 Å². The number of nitrogens with zero attached hydrogens (tertiary/aromatic N) is 1. The van der Waals surface area contributed by atoms with Crippen LogP contribution in [0.3, 0.4) is 0 Å².